The second-order valence-corrected chi connectivity index (χ2v) is 5.19. The molecule has 116 valence electrons. The van der Waals surface area contributed by atoms with Crippen molar-refractivity contribution in [3.63, 3.8) is 0 Å². The summed E-state index contributed by atoms with van der Waals surface area (Å²) in [6, 6.07) is 20.2. The fourth-order valence-corrected chi connectivity index (χ4v) is 2.49. The van der Waals surface area contributed by atoms with Crippen LogP contribution in [-0.2, 0) is 0 Å². The van der Waals surface area contributed by atoms with Crippen molar-refractivity contribution in [2.45, 2.75) is 0 Å². The SMILES string of the molecule is COc1ccc(-c2cc(F)cc(-c3ccc(OC)cc3)c2)cc1. The third kappa shape index (κ3) is 3.34. The highest BCUT2D eigenvalue weighted by Gasteiger charge is 2.06. The van der Waals surface area contributed by atoms with Gasteiger partial charge in [0.05, 0.1) is 14.2 Å². The second kappa shape index (κ2) is 6.53. The first-order valence-electron chi connectivity index (χ1n) is 7.29. The Morgan fingerprint density at radius 3 is 1.30 bits per heavy atom. The van der Waals surface area contributed by atoms with E-state index in [1.54, 1.807) is 14.2 Å². The van der Waals surface area contributed by atoms with Crippen LogP contribution < -0.4 is 9.47 Å². The van der Waals surface area contributed by atoms with Gasteiger partial charge in [-0.15, -0.1) is 0 Å². The van der Waals surface area contributed by atoms with Crippen molar-refractivity contribution >= 4 is 0 Å². The van der Waals surface area contributed by atoms with E-state index in [9.17, 15) is 4.39 Å². The number of halogens is 1. The second-order valence-electron chi connectivity index (χ2n) is 5.19. The molecule has 0 radical (unpaired) electrons. The maximum atomic E-state index is 14.0. The van der Waals surface area contributed by atoms with Crippen LogP contribution >= 0.6 is 0 Å². The predicted molar refractivity (Wildman–Crippen MR) is 90.4 cm³/mol. The molecule has 3 rings (SSSR count). The number of benzene rings is 3. The van der Waals surface area contributed by atoms with Gasteiger partial charge in [0, 0.05) is 0 Å². The molecule has 0 saturated heterocycles. The molecule has 3 aromatic carbocycles. The average molecular weight is 308 g/mol. The minimum atomic E-state index is -0.260. The summed E-state index contributed by atoms with van der Waals surface area (Å²) >= 11 is 0. The quantitative estimate of drug-likeness (QED) is 0.661. The van der Waals surface area contributed by atoms with Crippen molar-refractivity contribution in [1.29, 1.82) is 0 Å². The summed E-state index contributed by atoms with van der Waals surface area (Å²) in [5, 5.41) is 0. The maximum absolute atomic E-state index is 14.0. The molecule has 0 atom stereocenters. The van der Waals surface area contributed by atoms with Gasteiger partial charge in [0.2, 0.25) is 0 Å². The first-order valence-corrected chi connectivity index (χ1v) is 7.29. The number of hydrogen-bond donors (Lipinski definition) is 0. The van der Waals surface area contributed by atoms with Crippen LogP contribution in [0, 0.1) is 5.82 Å². The molecule has 0 saturated carbocycles. The van der Waals surface area contributed by atoms with E-state index in [-0.39, 0.29) is 5.82 Å². The third-order valence-electron chi connectivity index (χ3n) is 3.74. The highest BCUT2D eigenvalue weighted by molar-refractivity contribution is 5.73. The number of methoxy groups -OCH3 is 2. The molecule has 0 N–H and O–H groups in total. The predicted octanol–water partition coefficient (Wildman–Crippen LogP) is 5.18. The van der Waals surface area contributed by atoms with Crippen molar-refractivity contribution in [3.05, 3.63) is 72.5 Å². The number of ether oxygens (including phenoxy) is 2. The topological polar surface area (TPSA) is 18.5 Å². The van der Waals surface area contributed by atoms with E-state index >= 15 is 0 Å². The lowest BCUT2D eigenvalue weighted by atomic mass is 9.98. The zero-order valence-electron chi connectivity index (χ0n) is 13.0. The Bertz CT molecular complexity index is 727. The van der Waals surface area contributed by atoms with Crippen LogP contribution in [0.5, 0.6) is 11.5 Å². The standard InChI is InChI=1S/C20H17FO2/c1-22-19-7-3-14(4-8-19)16-11-17(13-18(21)12-16)15-5-9-20(23-2)10-6-15/h3-13H,1-2H3. The van der Waals surface area contributed by atoms with Gasteiger partial charge in [0.25, 0.3) is 0 Å². The zero-order chi connectivity index (χ0) is 16.2. The normalized spacial score (nSPS) is 10.4. The van der Waals surface area contributed by atoms with E-state index in [1.807, 2.05) is 54.6 Å². The van der Waals surface area contributed by atoms with Crippen LogP contribution in [0.15, 0.2) is 66.7 Å². The Morgan fingerprint density at radius 2 is 0.957 bits per heavy atom. The molecule has 23 heavy (non-hydrogen) atoms. The summed E-state index contributed by atoms with van der Waals surface area (Å²) in [5.74, 6) is 1.30. The molecule has 0 bridgehead atoms. The summed E-state index contributed by atoms with van der Waals surface area (Å²) in [5.41, 5.74) is 3.55. The fourth-order valence-electron chi connectivity index (χ4n) is 2.49. The lowest BCUT2D eigenvalue weighted by molar-refractivity contribution is 0.415. The van der Waals surface area contributed by atoms with E-state index in [2.05, 4.69) is 0 Å². The van der Waals surface area contributed by atoms with Crippen molar-refractivity contribution in [1.82, 2.24) is 0 Å². The molecular weight excluding hydrogens is 291 g/mol. The Hall–Kier alpha value is -2.81. The van der Waals surface area contributed by atoms with Crippen molar-refractivity contribution < 1.29 is 13.9 Å². The smallest absolute Gasteiger partial charge is 0.124 e. The fraction of sp³-hybridized carbons (Fsp3) is 0.100. The van der Waals surface area contributed by atoms with Gasteiger partial charge in [0.15, 0.2) is 0 Å². The lowest BCUT2D eigenvalue weighted by Crippen LogP contribution is -1.87. The average Bonchev–Trinajstić information content (AvgIpc) is 2.61. The van der Waals surface area contributed by atoms with Crippen LogP contribution in [0.4, 0.5) is 4.39 Å². The first kappa shape index (κ1) is 15.1. The van der Waals surface area contributed by atoms with E-state index in [4.69, 9.17) is 9.47 Å². The van der Waals surface area contributed by atoms with Crippen LogP contribution in [0.25, 0.3) is 22.3 Å². The Balaban J connectivity index is 2.00. The molecular formula is C20H17FO2. The van der Waals surface area contributed by atoms with Crippen molar-refractivity contribution in [2.75, 3.05) is 14.2 Å². The number of hydrogen-bond acceptors (Lipinski definition) is 2. The number of rotatable bonds is 4. The largest absolute Gasteiger partial charge is 0.497 e. The van der Waals surface area contributed by atoms with E-state index < -0.39 is 0 Å². The Morgan fingerprint density at radius 1 is 0.565 bits per heavy atom. The summed E-state index contributed by atoms with van der Waals surface area (Å²) in [4.78, 5) is 0. The summed E-state index contributed by atoms with van der Waals surface area (Å²) in [7, 11) is 3.25. The van der Waals surface area contributed by atoms with Gasteiger partial charge in [-0.3, -0.25) is 0 Å². The molecule has 0 heterocycles. The molecule has 0 spiro atoms. The molecule has 0 aliphatic heterocycles. The van der Waals surface area contributed by atoms with Crippen LogP contribution in [0.1, 0.15) is 0 Å². The maximum Gasteiger partial charge on any atom is 0.124 e. The molecule has 0 amide bonds. The summed E-state index contributed by atoms with van der Waals surface area (Å²) in [6.45, 7) is 0. The summed E-state index contributed by atoms with van der Waals surface area (Å²) in [6.07, 6.45) is 0. The van der Waals surface area contributed by atoms with Gasteiger partial charge in [-0.05, 0) is 64.7 Å². The molecule has 2 nitrogen and oxygen atoms in total. The van der Waals surface area contributed by atoms with E-state index in [1.165, 1.54) is 12.1 Å². The summed E-state index contributed by atoms with van der Waals surface area (Å²) < 4.78 is 24.4. The molecule has 0 fully saturated rings. The van der Waals surface area contributed by atoms with E-state index in [0.717, 1.165) is 33.8 Å². The zero-order valence-corrected chi connectivity index (χ0v) is 13.0. The van der Waals surface area contributed by atoms with Gasteiger partial charge in [-0.2, -0.15) is 0 Å². The van der Waals surface area contributed by atoms with Crippen LogP contribution in [0.2, 0.25) is 0 Å². The molecule has 0 unspecified atom stereocenters. The minimum absolute atomic E-state index is 0.260. The Labute approximate surface area is 135 Å². The monoisotopic (exact) mass is 308 g/mol. The molecule has 0 aliphatic carbocycles. The van der Waals surface area contributed by atoms with Gasteiger partial charge >= 0.3 is 0 Å². The third-order valence-corrected chi connectivity index (χ3v) is 3.74. The molecule has 0 aliphatic rings. The van der Waals surface area contributed by atoms with E-state index in [0.29, 0.717) is 0 Å². The van der Waals surface area contributed by atoms with Gasteiger partial charge in [-0.25, -0.2) is 4.39 Å². The first-order chi connectivity index (χ1) is 11.2. The lowest BCUT2D eigenvalue weighted by Gasteiger charge is -2.08. The minimum Gasteiger partial charge on any atom is -0.497 e. The van der Waals surface area contributed by atoms with Crippen LogP contribution in [-0.4, -0.2) is 14.2 Å². The van der Waals surface area contributed by atoms with Gasteiger partial charge < -0.3 is 9.47 Å². The Kier molecular flexibility index (Phi) is 4.29. The van der Waals surface area contributed by atoms with Crippen molar-refractivity contribution in [2.24, 2.45) is 0 Å². The molecule has 0 aromatic heterocycles. The highest BCUT2D eigenvalue weighted by Crippen LogP contribution is 2.29. The molecule has 3 aromatic rings. The van der Waals surface area contributed by atoms with Gasteiger partial charge in [0.1, 0.15) is 17.3 Å². The highest BCUT2D eigenvalue weighted by atomic mass is 19.1. The molecule has 3 heteroatoms. The van der Waals surface area contributed by atoms with Gasteiger partial charge in [-0.1, -0.05) is 24.3 Å². The van der Waals surface area contributed by atoms with Crippen molar-refractivity contribution in [3.8, 4) is 33.8 Å². The van der Waals surface area contributed by atoms with Crippen LogP contribution in [0.3, 0.4) is 0 Å².